The number of hydrogen-bond donors (Lipinski definition) is 2. The molecule has 0 atom stereocenters. The third kappa shape index (κ3) is 3.43. The van der Waals surface area contributed by atoms with Crippen molar-refractivity contribution in [3.05, 3.63) is 53.0 Å². The molecule has 0 aliphatic rings. The highest BCUT2D eigenvalue weighted by Crippen LogP contribution is 2.34. The minimum Gasteiger partial charge on any atom is -0.430 e. The molecule has 26 heavy (non-hydrogen) atoms. The van der Waals surface area contributed by atoms with Gasteiger partial charge < -0.3 is 15.5 Å². The molecule has 0 saturated carbocycles. The van der Waals surface area contributed by atoms with E-state index >= 15 is 0 Å². The highest BCUT2D eigenvalue weighted by molar-refractivity contribution is 6.33. The van der Waals surface area contributed by atoms with Crippen molar-refractivity contribution in [3.63, 3.8) is 0 Å². The van der Waals surface area contributed by atoms with Gasteiger partial charge in [0.15, 0.2) is 0 Å². The Morgan fingerprint density at radius 2 is 1.96 bits per heavy atom. The SMILES string of the molecule is CC(=O)Nc1cnc(C)c(-c2nc(-c3ccccc3Cl)c(C(N)=O)o2)c1. The summed E-state index contributed by atoms with van der Waals surface area (Å²) in [7, 11) is 0. The third-order valence-electron chi connectivity index (χ3n) is 3.62. The maximum absolute atomic E-state index is 11.8. The first kappa shape index (κ1) is 17.6. The summed E-state index contributed by atoms with van der Waals surface area (Å²) < 4.78 is 5.62. The predicted octanol–water partition coefficient (Wildman–Crippen LogP) is 3.42. The van der Waals surface area contributed by atoms with Crippen molar-refractivity contribution in [1.29, 1.82) is 0 Å². The molecule has 3 aromatic rings. The van der Waals surface area contributed by atoms with Crippen LogP contribution in [0, 0.1) is 6.92 Å². The van der Waals surface area contributed by atoms with Crippen LogP contribution in [0.3, 0.4) is 0 Å². The number of nitrogens with two attached hydrogens (primary N) is 1. The number of pyridine rings is 1. The number of primary amides is 1. The van der Waals surface area contributed by atoms with Crippen LogP contribution in [-0.2, 0) is 4.79 Å². The van der Waals surface area contributed by atoms with Crippen molar-refractivity contribution in [2.24, 2.45) is 5.73 Å². The summed E-state index contributed by atoms with van der Waals surface area (Å²) in [5.41, 5.74) is 7.84. The molecule has 1 aromatic carbocycles. The molecule has 3 rings (SSSR count). The Bertz CT molecular complexity index is 1010. The van der Waals surface area contributed by atoms with Gasteiger partial charge in [0, 0.05) is 12.5 Å². The number of anilines is 1. The largest absolute Gasteiger partial charge is 0.430 e. The monoisotopic (exact) mass is 370 g/mol. The molecule has 2 heterocycles. The Kier molecular flexibility index (Phi) is 4.73. The van der Waals surface area contributed by atoms with Gasteiger partial charge in [-0.25, -0.2) is 4.98 Å². The first-order valence-corrected chi connectivity index (χ1v) is 8.04. The predicted molar refractivity (Wildman–Crippen MR) is 97.7 cm³/mol. The van der Waals surface area contributed by atoms with Crippen molar-refractivity contribution < 1.29 is 14.0 Å². The van der Waals surface area contributed by atoms with E-state index in [0.717, 1.165) is 0 Å². The Labute approximate surface area is 154 Å². The number of nitrogens with zero attached hydrogens (tertiary/aromatic N) is 2. The van der Waals surface area contributed by atoms with Crippen molar-refractivity contribution >= 4 is 29.1 Å². The lowest BCUT2D eigenvalue weighted by Crippen LogP contribution is -2.11. The van der Waals surface area contributed by atoms with Gasteiger partial charge in [0.1, 0.15) is 5.69 Å². The quantitative estimate of drug-likeness (QED) is 0.730. The second-order valence-electron chi connectivity index (χ2n) is 5.58. The average molecular weight is 371 g/mol. The average Bonchev–Trinajstić information content (AvgIpc) is 3.01. The van der Waals surface area contributed by atoms with Crippen LogP contribution in [0.4, 0.5) is 5.69 Å². The standard InChI is InChI=1S/C18H15ClN4O3/c1-9-13(7-11(8-21-9)22-10(2)24)18-23-15(16(26-18)17(20)25)12-5-3-4-6-14(12)19/h3-8H,1-2H3,(H2,20,25)(H,22,24). The van der Waals surface area contributed by atoms with Crippen molar-refractivity contribution in [1.82, 2.24) is 9.97 Å². The van der Waals surface area contributed by atoms with Crippen LogP contribution in [0.1, 0.15) is 23.2 Å². The molecule has 0 bridgehead atoms. The zero-order chi connectivity index (χ0) is 18.8. The smallest absolute Gasteiger partial charge is 0.286 e. The first-order chi connectivity index (χ1) is 12.4. The summed E-state index contributed by atoms with van der Waals surface area (Å²) in [6, 6.07) is 8.60. The van der Waals surface area contributed by atoms with E-state index in [2.05, 4.69) is 15.3 Å². The van der Waals surface area contributed by atoms with E-state index in [9.17, 15) is 9.59 Å². The number of benzene rings is 1. The van der Waals surface area contributed by atoms with Crippen LogP contribution in [-0.4, -0.2) is 21.8 Å². The Morgan fingerprint density at radius 1 is 1.23 bits per heavy atom. The lowest BCUT2D eigenvalue weighted by atomic mass is 10.1. The number of amides is 2. The van der Waals surface area contributed by atoms with E-state index in [1.807, 2.05) is 0 Å². The minimum atomic E-state index is -0.762. The summed E-state index contributed by atoms with van der Waals surface area (Å²) in [6.07, 6.45) is 1.52. The number of hydrogen-bond acceptors (Lipinski definition) is 5. The van der Waals surface area contributed by atoms with E-state index < -0.39 is 5.91 Å². The minimum absolute atomic E-state index is 0.0996. The molecule has 0 aliphatic carbocycles. The van der Waals surface area contributed by atoms with E-state index in [1.54, 1.807) is 37.3 Å². The molecule has 2 amide bonds. The van der Waals surface area contributed by atoms with Crippen LogP contribution in [0.2, 0.25) is 5.02 Å². The zero-order valence-electron chi connectivity index (χ0n) is 14.0. The van der Waals surface area contributed by atoms with Gasteiger partial charge in [0.05, 0.1) is 28.2 Å². The first-order valence-electron chi connectivity index (χ1n) is 7.67. The van der Waals surface area contributed by atoms with Crippen LogP contribution in [0.15, 0.2) is 40.9 Å². The summed E-state index contributed by atoms with van der Waals surface area (Å²) >= 11 is 6.21. The number of aromatic nitrogens is 2. The van der Waals surface area contributed by atoms with Gasteiger partial charge in [-0.2, -0.15) is 0 Å². The van der Waals surface area contributed by atoms with Crippen LogP contribution >= 0.6 is 11.6 Å². The maximum atomic E-state index is 11.8. The Hall–Kier alpha value is -3.19. The van der Waals surface area contributed by atoms with Gasteiger partial charge in [0.25, 0.3) is 5.91 Å². The number of nitrogens with one attached hydrogen (secondary N) is 1. The number of carbonyl (C=O) groups is 2. The highest BCUT2D eigenvalue weighted by atomic mass is 35.5. The highest BCUT2D eigenvalue weighted by Gasteiger charge is 2.23. The summed E-state index contributed by atoms with van der Waals surface area (Å²) in [5, 5.41) is 3.06. The summed E-state index contributed by atoms with van der Waals surface area (Å²) in [5.74, 6) is -0.936. The lowest BCUT2D eigenvalue weighted by Gasteiger charge is -2.05. The number of oxazole rings is 1. The number of rotatable bonds is 4. The molecule has 8 heteroatoms. The molecule has 0 saturated heterocycles. The molecule has 0 radical (unpaired) electrons. The second-order valence-corrected chi connectivity index (χ2v) is 5.99. The zero-order valence-corrected chi connectivity index (χ0v) is 14.8. The molecular weight excluding hydrogens is 356 g/mol. The van der Waals surface area contributed by atoms with Gasteiger partial charge in [-0.15, -0.1) is 0 Å². The van der Waals surface area contributed by atoms with E-state index in [4.69, 9.17) is 21.8 Å². The molecule has 3 N–H and O–H groups in total. The summed E-state index contributed by atoms with van der Waals surface area (Å²) in [4.78, 5) is 31.7. The van der Waals surface area contributed by atoms with Crippen molar-refractivity contribution in [2.45, 2.75) is 13.8 Å². The van der Waals surface area contributed by atoms with Crippen molar-refractivity contribution in [2.75, 3.05) is 5.32 Å². The van der Waals surface area contributed by atoms with Gasteiger partial charge in [-0.3, -0.25) is 14.6 Å². The molecular formula is C18H15ClN4O3. The topological polar surface area (TPSA) is 111 Å². The fraction of sp³-hybridized carbons (Fsp3) is 0.111. The number of aryl methyl sites for hydroxylation is 1. The van der Waals surface area contributed by atoms with Crippen LogP contribution < -0.4 is 11.1 Å². The lowest BCUT2D eigenvalue weighted by molar-refractivity contribution is -0.114. The van der Waals surface area contributed by atoms with Crippen LogP contribution in [0.5, 0.6) is 0 Å². The molecule has 2 aromatic heterocycles. The van der Waals surface area contributed by atoms with Gasteiger partial charge in [-0.1, -0.05) is 29.8 Å². The fourth-order valence-corrected chi connectivity index (χ4v) is 2.68. The maximum Gasteiger partial charge on any atom is 0.286 e. The number of halogens is 1. The molecule has 0 aliphatic heterocycles. The van der Waals surface area contributed by atoms with E-state index in [1.165, 1.54) is 13.1 Å². The van der Waals surface area contributed by atoms with Gasteiger partial charge in [-0.05, 0) is 19.1 Å². The number of carbonyl (C=O) groups excluding carboxylic acids is 2. The van der Waals surface area contributed by atoms with E-state index in [-0.39, 0.29) is 23.3 Å². The van der Waals surface area contributed by atoms with Gasteiger partial charge in [0.2, 0.25) is 17.6 Å². The second kappa shape index (κ2) is 6.97. The molecule has 132 valence electrons. The summed E-state index contributed by atoms with van der Waals surface area (Å²) in [6.45, 7) is 3.15. The molecule has 7 nitrogen and oxygen atoms in total. The molecule has 0 fully saturated rings. The van der Waals surface area contributed by atoms with E-state index in [0.29, 0.717) is 27.5 Å². The van der Waals surface area contributed by atoms with Gasteiger partial charge >= 0.3 is 0 Å². The normalized spacial score (nSPS) is 10.6. The van der Waals surface area contributed by atoms with Crippen molar-refractivity contribution in [3.8, 4) is 22.7 Å². The molecule has 0 unspecified atom stereocenters. The Morgan fingerprint density at radius 3 is 2.62 bits per heavy atom. The fourth-order valence-electron chi connectivity index (χ4n) is 2.46. The third-order valence-corrected chi connectivity index (χ3v) is 3.95. The van der Waals surface area contributed by atoms with Crippen LogP contribution in [0.25, 0.3) is 22.7 Å². The Balaban J connectivity index is 2.16. The molecule has 0 spiro atoms.